The summed E-state index contributed by atoms with van der Waals surface area (Å²) in [6.07, 6.45) is 1.22. The van der Waals surface area contributed by atoms with Gasteiger partial charge < -0.3 is 25.2 Å². The van der Waals surface area contributed by atoms with Crippen molar-refractivity contribution in [2.45, 2.75) is 44.3 Å². The summed E-state index contributed by atoms with van der Waals surface area (Å²) >= 11 is 0. The maximum Gasteiger partial charge on any atom is 0.146 e. The quantitative estimate of drug-likeness (QED) is 0.462. The molecule has 1 saturated carbocycles. The minimum Gasteiger partial charge on any atom is -0.396 e. The van der Waals surface area contributed by atoms with E-state index in [1.807, 2.05) is 49.5 Å². The van der Waals surface area contributed by atoms with Crippen LogP contribution in [0, 0.1) is 12.8 Å². The normalized spacial score (nSPS) is 24.3. The second-order valence-corrected chi connectivity index (χ2v) is 8.12. The van der Waals surface area contributed by atoms with Gasteiger partial charge in [0.15, 0.2) is 0 Å². The highest BCUT2D eigenvalue weighted by molar-refractivity contribution is 5.48. The van der Waals surface area contributed by atoms with E-state index in [4.69, 9.17) is 0 Å². The van der Waals surface area contributed by atoms with Gasteiger partial charge in [-0.1, -0.05) is 30.3 Å². The zero-order chi connectivity index (χ0) is 22.0. The number of nitrogens with one attached hydrogen (secondary N) is 1. The van der Waals surface area contributed by atoms with Gasteiger partial charge in [0.1, 0.15) is 24.4 Å². The third-order valence-corrected chi connectivity index (χ3v) is 5.99. The molecular weight excluding hydrogens is 399 g/mol. The molecule has 0 amide bonds. The Labute approximate surface area is 180 Å². The van der Waals surface area contributed by atoms with Crippen molar-refractivity contribution in [2.75, 3.05) is 11.9 Å². The SMILES string of the molecule is Cc1cc(C(O)c2cncnc2N[C@@H]2C[C@H](CO)[C@@H](O)[C@@H]2F)cn1Cc1ccccc1. The molecule has 4 N–H and O–H groups in total. The van der Waals surface area contributed by atoms with Crippen molar-refractivity contribution < 1.29 is 19.7 Å². The lowest BCUT2D eigenvalue weighted by Gasteiger charge is -2.20. The molecule has 0 aliphatic heterocycles. The number of anilines is 1. The van der Waals surface area contributed by atoms with Crippen LogP contribution in [0.15, 0.2) is 55.1 Å². The summed E-state index contributed by atoms with van der Waals surface area (Å²) in [6.45, 7) is 2.37. The Morgan fingerprint density at radius 3 is 2.77 bits per heavy atom. The molecule has 0 radical (unpaired) electrons. The van der Waals surface area contributed by atoms with E-state index in [-0.39, 0.29) is 13.0 Å². The van der Waals surface area contributed by atoms with E-state index in [1.165, 1.54) is 12.5 Å². The highest BCUT2D eigenvalue weighted by Crippen LogP contribution is 2.33. The van der Waals surface area contributed by atoms with Crippen molar-refractivity contribution in [1.82, 2.24) is 14.5 Å². The van der Waals surface area contributed by atoms with Gasteiger partial charge in [-0.2, -0.15) is 0 Å². The van der Waals surface area contributed by atoms with Crippen LogP contribution in [0.1, 0.15) is 34.9 Å². The highest BCUT2D eigenvalue weighted by Gasteiger charge is 2.43. The number of aromatic nitrogens is 3. The Morgan fingerprint density at radius 2 is 2.06 bits per heavy atom. The first-order valence-electron chi connectivity index (χ1n) is 10.4. The Balaban J connectivity index is 1.55. The van der Waals surface area contributed by atoms with Gasteiger partial charge in [0.25, 0.3) is 0 Å². The van der Waals surface area contributed by atoms with E-state index in [2.05, 4.69) is 19.9 Å². The van der Waals surface area contributed by atoms with E-state index >= 15 is 0 Å². The van der Waals surface area contributed by atoms with Gasteiger partial charge in [-0.05, 0) is 25.0 Å². The Morgan fingerprint density at radius 1 is 1.29 bits per heavy atom. The molecule has 8 heteroatoms. The van der Waals surface area contributed by atoms with Crippen molar-refractivity contribution in [3.8, 4) is 0 Å². The van der Waals surface area contributed by atoms with Gasteiger partial charge in [0.2, 0.25) is 0 Å². The zero-order valence-electron chi connectivity index (χ0n) is 17.3. The summed E-state index contributed by atoms with van der Waals surface area (Å²) in [5.74, 6) is -0.216. The zero-order valence-corrected chi connectivity index (χ0v) is 17.3. The number of aryl methyl sites for hydroxylation is 1. The van der Waals surface area contributed by atoms with Crippen LogP contribution in [-0.4, -0.2) is 54.8 Å². The van der Waals surface area contributed by atoms with Crippen LogP contribution < -0.4 is 5.32 Å². The molecular formula is C23H27FN4O3. The van der Waals surface area contributed by atoms with E-state index in [1.54, 1.807) is 0 Å². The number of hydrogen-bond acceptors (Lipinski definition) is 6. The molecule has 1 fully saturated rings. The van der Waals surface area contributed by atoms with E-state index in [0.717, 1.165) is 11.3 Å². The fourth-order valence-corrected chi connectivity index (χ4v) is 4.17. The highest BCUT2D eigenvalue weighted by atomic mass is 19.1. The molecule has 1 aliphatic rings. The molecule has 31 heavy (non-hydrogen) atoms. The first kappa shape index (κ1) is 21.4. The lowest BCUT2D eigenvalue weighted by molar-refractivity contribution is 0.0444. The average molecular weight is 426 g/mol. The van der Waals surface area contributed by atoms with Gasteiger partial charge in [0.05, 0.1) is 12.1 Å². The van der Waals surface area contributed by atoms with Crippen LogP contribution in [-0.2, 0) is 6.54 Å². The molecule has 2 heterocycles. The lowest BCUT2D eigenvalue weighted by atomic mass is 10.1. The monoisotopic (exact) mass is 426 g/mol. The first-order valence-corrected chi connectivity index (χ1v) is 10.4. The third kappa shape index (κ3) is 4.46. The third-order valence-electron chi connectivity index (χ3n) is 5.99. The topological polar surface area (TPSA) is 103 Å². The minimum absolute atomic E-state index is 0.269. The van der Waals surface area contributed by atoms with Crippen molar-refractivity contribution in [1.29, 1.82) is 0 Å². The molecule has 1 aliphatic carbocycles. The molecule has 3 aromatic rings. The van der Waals surface area contributed by atoms with E-state index in [0.29, 0.717) is 23.5 Å². The fourth-order valence-electron chi connectivity index (χ4n) is 4.17. The van der Waals surface area contributed by atoms with Gasteiger partial charge >= 0.3 is 0 Å². The smallest absolute Gasteiger partial charge is 0.146 e. The number of halogens is 1. The lowest BCUT2D eigenvalue weighted by Crippen LogP contribution is -2.32. The molecule has 1 aromatic carbocycles. The Kier molecular flexibility index (Phi) is 6.31. The largest absolute Gasteiger partial charge is 0.396 e. The fraction of sp³-hybridized carbons (Fsp3) is 0.391. The van der Waals surface area contributed by atoms with Crippen molar-refractivity contribution in [3.05, 3.63) is 77.5 Å². The van der Waals surface area contributed by atoms with Gasteiger partial charge in [-0.3, -0.25) is 0 Å². The number of aliphatic hydroxyl groups excluding tert-OH is 3. The molecule has 0 saturated heterocycles. The standard InChI is InChI=1S/C23H27FN4O3/c1-14-7-16(11-28(14)10-15-5-3-2-4-6-15)21(30)18-9-25-13-26-23(18)27-19-8-17(12-29)22(31)20(19)24/h2-7,9,11,13,17,19-22,29-31H,8,10,12H2,1H3,(H,25,26,27)/t17-,19-,20-,21?,22-/m1/s1. The first-order chi connectivity index (χ1) is 15.0. The summed E-state index contributed by atoms with van der Waals surface area (Å²) in [7, 11) is 0. The number of nitrogens with zero attached hydrogens (tertiary/aromatic N) is 3. The molecule has 7 nitrogen and oxygen atoms in total. The van der Waals surface area contributed by atoms with Crippen LogP contribution >= 0.6 is 0 Å². The number of rotatable bonds is 7. The van der Waals surface area contributed by atoms with Crippen LogP contribution in [0.5, 0.6) is 0 Å². The van der Waals surface area contributed by atoms with Crippen LogP contribution in [0.4, 0.5) is 10.2 Å². The van der Waals surface area contributed by atoms with E-state index in [9.17, 15) is 19.7 Å². The van der Waals surface area contributed by atoms with Crippen molar-refractivity contribution in [2.24, 2.45) is 5.92 Å². The summed E-state index contributed by atoms with van der Waals surface area (Å²) in [4.78, 5) is 8.22. The average Bonchev–Trinajstić information content (AvgIpc) is 3.28. The van der Waals surface area contributed by atoms with Gasteiger partial charge in [0, 0.05) is 48.3 Å². The second kappa shape index (κ2) is 9.13. The molecule has 4 rings (SSSR count). The van der Waals surface area contributed by atoms with Gasteiger partial charge in [-0.15, -0.1) is 0 Å². The molecule has 1 unspecified atom stereocenters. The predicted molar refractivity (Wildman–Crippen MR) is 114 cm³/mol. The molecule has 0 bridgehead atoms. The summed E-state index contributed by atoms with van der Waals surface area (Å²) < 4.78 is 16.5. The number of alkyl halides is 1. The number of aliphatic hydroxyl groups is 3. The summed E-state index contributed by atoms with van der Waals surface area (Å²) in [5.41, 5.74) is 3.26. The van der Waals surface area contributed by atoms with Crippen LogP contribution in [0.3, 0.4) is 0 Å². The minimum atomic E-state index is -1.54. The Bertz CT molecular complexity index is 1010. The molecule has 164 valence electrons. The van der Waals surface area contributed by atoms with Crippen molar-refractivity contribution >= 4 is 5.82 Å². The molecule has 5 atom stereocenters. The van der Waals surface area contributed by atoms with Crippen molar-refractivity contribution in [3.63, 3.8) is 0 Å². The van der Waals surface area contributed by atoms with Crippen LogP contribution in [0.25, 0.3) is 0 Å². The van der Waals surface area contributed by atoms with Gasteiger partial charge in [-0.25, -0.2) is 14.4 Å². The molecule has 0 spiro atoms. The number of benzene rings is 1. The predicted octanol–water partition coefficient (Wildman–Crippen LogP) is 2.21. The summed E-state index contributed by atoms with van der Waals surface area (Å²) in [6, 6.07) is 11.2. The molecule has 2 aromatic heterocycles. The maximum absolute atomic E-state index is 14.5. The van der Waals surface area contributed by atoms with E-state index < -0.39 is 30.3 Å². The number of hydrogen-bond donors (Lipinski definition) is 4. The second-order valence-electron chi connectivity index (χ2n) is 8.12. The summed E-state index contributed by atoms with van der Waals surface area (Å²) in [5, 5.41) is 33.3. The Hall–Kier alpha value is -2.81. The maximum atomic E-state index is 14.5. The van der Waals surface area contributed by atoms with Crippen LogP contribution in [0.2, 0.25) is 0 Å².